The molecule has 4 aromatic carbocycles. The third-order valence-electron chi connectivity index (χ3n) is 17.4. The van der Waals surface area contributed by atoms with Gasteiger partial charge in [0.15, 0.2) is 11.6 Å². The van der Waals surface area contributed by atoms with Crippen LogP contribution in [0.15, 0.2) is 109 Å². The molecule has 0 aliphatic carbocycles. The molecule has 33 nitrogen and oxygen atoms in total. The molecular weight excluding hydrogens is 1530 g/mol. The summed E-state index contributed by atoms with van der Waals surface area (Å²) in [5.74, 6) is -1.34. The van der Waals surface area contributed by atoms with Gasteiger partial charge in [0, 0.05) is 49.9 Å². The van der Waals surface area contributed by atoms with Gasteiger partial charge >= 0.3 is 30.3 Å². The first-order chi connectivity index (χ1) is 55.9. The van der Waals surface area contributed by atoms with Crippen LogP contribution in [0.25, 0.3) is 43.9 Å². The van der Waals surface area contributed by atoms with Crippen LogP contribution in [0.2, 0.25) is 0 Å². The van der Waals surface area contributed by atoms with Crippen molar-refractivity contribution in [2.45, 2.75) is 229 Å². The highest BCUT2D eigenvalue weighted by Crippen LogP contribution is 2.33. The van der Waals surface area contributed by atoms with Gasteiger partial charge in [-0.15, -0.1) is 5.06 Å². The van der Waals surface area contributed by atoms with Gasteiger partial charge < -0.3 is 89.5 Å². The van der Waals surface area contributed by atoms with Gasteiger partial charge in [-0.05, 0) is 148 Å². The number of benzene rings is 4. The number of nitrogens with one attached hydrogen (secondary N) is 6. The van der Waals surface area contributed by atoms with Crippen LogP contribution in [0.3, 0.4) is 0 Å². The molecule has 1 saturated heterocycles. The molecule has 34 heteroatoms. The Morgan fingerprint density at radius 3 is 1.34 bits per heavy atom. The summed E-state index contributed by atoms with van der Waals surface area (Å²) < 4.78 is 64.5. The average Bonchev–Trinajstić information content (AvgIpc) is 1.61. The Labute approximate surface area is 688 Å². The van der Waals surface area contributed by atoms with E-state index in [4.69, 9.17) is 60.0 Å². The van der Waals surface area contributed by atoms with Crippen LogP contribution >= 0.6 is 0 Å². The number of nitrogens with two attached hydrogens (primary N) is 1. The molecule has 0 bridgehead atoms. The summed E-state index contributed by atoms with van der Waals surface area (Å²) in [6, 6.07) is 32.2. The van der Waals surface area contributed by atoms with E-state index in [1.165, 1.54) is 6.92 Å². The molecular formula is C84H115FN14O19. The second kappa shape index (κ2) is 43.1. The Bertz CT molecular complexity index is 4780. The molecule has 118 heavy (non-hydrogen) atoms. The van der Waals surface area contributed by atoms with Gasteiger partial charge in [0.25, 0.3) is 11.8 Å². The molecule has 8 aromatic rings. The molecule has 1 aliphatic rings. The Kier molecular flexibility index (Phi) is 34.2. The van der Waals surface area contributed by atoms with E-state index < -0.39 is 101 Å². The number of carbonyl (C=O) groups excluding carboxylic acids is 10. The van der Waals surface area contributed by atoms with Gasteiger partial charge in [-0.1, -0.05) is 97.1 Å². The molecule has 0 radical (unpaired) electrons. The number of hydrogen-bond donors (Lipinski definition) is 7. The number of ether oxygens (including phenoxy) is 8. The number of para-hydroxylation sites is 2. The lowest BCUT2D eigenvalue weighted by atomic mass is 10.1. The van der Waals surface area contributed by atoms with Gasteiger partial charge in [-0.25, -0.2) is 43.9 Å². The number of nitrogen functional groups attached to an aromatic ring is 1. The quantitative estimate of drug-likeness (QED) is 0.0114. The number of nitrogens with zero attached hydrogens (tertiary/aromatic N) is 7. The van der Waals surface area contributed by atoms with Crippen molar-refractivity contribution in [3.05, 3.63) is 138 Å². The van der Waals surface area contributed by atoms with Crippen LogP contribution in [0.1, 0.15) is 167 Å². The molecule has 5 heterocycles. The van der Waals surface area contributed by atoms with Gasteiger partial charge in [-0.2, -0.15) is 0 Å². The zero-order valence-corrected chi connectivity index (χ0v) is 70.7. The number of ketones is 1. The van der Waals surface area contributed by atoms with Crippen molar-refractivity contribution >= 4 is 109 Å². The highest BCUT2D eigenvalue weighted by atomic mass is 19.1. The van der Waals surface area contributed by atoms with E-state index in [0.29, 0.717) is 71.9 Å². The molecule has 4 aromatic heterocycles. The largest absolute Gasteiger partial charge is 0.445 e. The fraction of sp³-hybridized carbons (Fsp3) is 0.500. The number of aromatic nitrogens is 6. The molecule has 1 fully saturated rings. The Hall–Kier alpha value is -11.5. The van der Waals surface area contributed by atoms with Crippen molar-refractivity contribution < 1.29 is 96.4 Å². The third-order valence-corrected chi connectivity index (χ3v) is 17.4. The summed E-state index contributed by atoms with van der Waals surface area (Å²) >= 11 is 0. The van der Waals surface area contributed by atoms with Crippen molar-refractivity contribution in [1.29, 1.82) is 0 Å². The van der Waals surface area contributed by atoms with E-state index in [1.54, 1.807) is 76.2 Å². The summed E-state index contributed by atoms with van der Waals surface area (Å²) in [7, 11) is -1.00. The lowest BCUT2D eigenvalue weighted by Gasteiger charge is -2.28. The molecule has 2 atom stereocenters. The summed E-state index contributed by atoms with van der Waals surface area (Å²) in [6.45, 7) is 34.8. The first-order valence-electron chi connectivity index (χ1n) is 39.3. The van der Waals surface area contributed by atoms with Crippen LogP contribution in [-0.4, -0.2) is 186 Å². The van der Waals surface area contributed by atoms with Crippen molar-refractivity contribution in [2.75, 3.05) is 52.4 Å². The number of fused-ring (bicyclic) bond motifs is 6. The van der Waals surface area contributed by atoms with Crippen molar-refractivity contribution in [3.8, 4) is 0 Å². The molecule has 0 spiro atoms. The SMILES string of the molecule is CCOCc1nc2c(CC(=O)[C@H](C)NC(=O)OC(C)(C)C)nc3ccccc3c2n1CC(C)(C)OCCNC(=O)C(C)(C)NC(=O)OCc1ccccc1.CCOCc1nc2c(N)nc3ccccc3c2n1CC(C)(C)OCCNC(=O)C(C)(C)NC(=O)OCc1ccccc1.C[C@H](NC(=O)OC(C)(C)C)C(=O)ON1C(=O)CCC1=O.[2H]CF. The van der Waals surface area contributed by atoms with Gasteiger partial charge in [0.2, 0.25) is 11.8 Å². The highest BCUT2D eigenvalue weighted by molar-refractivity contribution is 6.07. The van der Waals surface area contributed by atoms with E-state index >= 15 is 0 Å². The molecule has 8 amide bonds. The average molecular weight is 1640 g/mol. The smallest absolute Gasteiger partial charge is 0.408 e. The number of imide groups is 1. The minimum atomic E-state index is -1.23. The maximum atomic E-state index is 13.4. The lowest BCUT2D eigenvalue weighted by Crippen LogP contribution is -2.55. The van der Waals surface area contributed by atoms with E-state index in [9.17, 15) is 52.3 Å². The van der Waals surface area contributed by atoms with Crippen LogP contribution < -0.4 is 37.6 Å². The molecule has 0 unspecified atom stereocenters. The van der Waals surface area contributed by atoms with E-state index in [2.05, 4.69) is 46.3 Å². The number of imidazole rings is 2. The number of carbonyl (C=O) groups is 10. The van der Waals surface area contributed by atoms with Crippen LogP contribution in [-0.2, 0) is 117 Å². The van der Waals surface area contributed by atoms with Crippen molar-refractivity contribution in [2.24, 2.45) is 0 Å². The number of Topliss-reactive ketones (excluding diaryl/α,β-unsaturated/α-hetero) is 1. The van der Waals surface area contributed by atoms with E-state index in [1.807, 2.05) is 155 Å². The summed E-state index contributed by atoms with van der Waals surface area (Å²) in [5, 5.41) is 18.0. The minimum absolute atomic E-state index is 0.0139. The monoisotopic (exact) mass is 1640 g/mol. The molecule has 0 saturated carbocycles. The predicted octanol–water partition coefficient (Wildman–Crippen LogP) is 11.2. The number of halogens is 1. The summed E-state index contributed by atoms with van der Waals surface area (Å²) in [4.78, 5) is 146. The van der Waals surface area contributed by atoms with Crippen LogP contribution in [0, 0.1) is 0 Å². The Morgan fingerprint density at radius 1 is 0.525 bits per heavy atom. The second-order valence-corrected chi connectivity index (χ2v) is 31.7. The fourth-order valence-electron chi connectivity index (χ4n) is 11.6. The zero-order chi connectivity index (χ0) is 88.2. The Morgan fingerprint density at radius 2 is 0.915 bits per heavy atom. The molecule has 1 aliphatic heterocycles. The lowest BCUT2D eigenvalue weighted by molar-refractivity contribution is -0.198. The number of anilines is 1. The first-order valence-corrected chi connectivity index (χ1v) is 38.6. The number of hydrogen-bond acceptors (Lipinski definition) is 24. The number of alkyl carbamates (subject to hydrolysis) is 4. The molecule has 642 valence electrons. The maximum Gasteiger partial charge on any atom is 0.408 e. The normalized spacial score (nSPS) is 13.1. The van der Waals surface area contributed by atoms with Crippen molar-refractivity contribution in [3.63, 3.8) is 0 Å². The predicted molar refractivity (Wildman–Crippen MR) is 439 cm³/mol. The number of hydroxylamine groups is 2. The van der Waals surface area contributed by atoms with Crippen LogP contribution in [0.4, 0.5) is 29.4 Å². The number of amides is 8. The van der Waals surface area contributed by atoms with Crippen LogP contribution in [0.5, 0.6) is 0 Å². The van der Waals surface area contributed by atoms with Crippen molar-refractivity contribution in [1.82, 2.24) is 66.0 Å². The summed E-state index contributed by atoms with van der Waals surface area (Å²) in [6.07, 6.45) is -2.88. The fourth-order valence-corrected chi connectivity index (χ4v) is 11.6. The standard InChI is InChI=1S/C40H54N6O8.C31H40N6O5.C12H18N2O6.CH3F/c1-10-51-24-32-44-33-30(22-31(47)26(2)42-36(49)54-38(3,4)5)43-29-19-15-14-18-28(29)34(33)46(32)25-39(6,7)53-21-20-41-35(48)40(8,9)45-37(50)52-23-27-16-12-11-13-17-27;1-6-40-19-24-35-25-26(22-14-10-11-15-23(22)34-27(25)32)37(24)20-30(2,3)42-17-16-33-28(38)31(4,5)36-29(39)41-18-21-12-8-7-9-13-21;1-7(13-11(18)19-12(2,3)4)10(17)20-14-8(15)5-6-9(14)16;1-2/h11-19,26H,10,20-25H2,1-9H3,(H,41,48)(H,42,49)(H,45,50);7-15H,6,16-20H2,1-5H3,(H2,32,34)(H,33,38)(H,36,39);7H,5-6H2,1-4H3,(H,13,18);1H3/t26-;;7-;/m0.0./s1/i;;;1D. The number of alkyl halides is 1. The minimum Gasteiger partial charge on any atom is -0.445 e. The number of pyridine rings is 2. The second-order valence-electron chi connectivity index (χ2n) is 31.7. The molecule has 9 rings (SSSR count). The zero-order valence-electron chi connectivity index (χ0n) is 71.7. The maximum absolute atomic E-state index is 13.4. The number of rotatable bonds is 33. The van der Waals surface area contributed by atoms with Gasteiger partial charge in [0.05, 0.1) is 86.3 Å². The topological polar surface area (TPSA) is 417 Å². The van der Waals surface area contributed by atoms with Gasteiger partial charge in [0.1, 0.15) is 77.4 Å². The van der Waals surface area contributed by atoms with E-state index in [0.717, 1.165) is 44.3 Å². The first kappa shape index (κ1) is 93.7. The van der Waals surface area contributed by atoms with E-state index in [-0.39, 0.29) is 77.1 Å². The highest BCUT2D eigenvalue weighted by Gasteiger charge is 2.37. The Balaban J connectivity index is 0.000000298. The third kappa shape index (κ3) is 29.3. The molecule has 8 N–H and O–H groups in total. The van der Waals surface area contributed by atoms with Gasteiger partial charge in [-0.3, -0.25) is 28.4 Å². The summed E-state index contributed by atoms with van der Waals surface area (Å²) in [5.41, 5.74) is 7.59.